The van der Waals surface area contributed by atoms with Gasteiger partial charge in [-0.1, -0.05) is 74.9 Å². The maximum atomic E-state index is 6.95. The molecule has 2 aromatic heterocycles. The maximum absolute atomic E-state index is 6.95. The van der Waals surface area contributed by atoms with Gasteiger partial charge < -0.3 is 8.98 Å². The van der Waals surface area contributed by atoms with Gasteiger partial charge in [-0.2, -0.15) is 0 Å². The van der Waals surface area contributed by atoms with E-state index >= 15 is 0 Å². The molecule has 0 N–H and O–H groups in total. The number of hydrogen-bond acceptors (Lipinski definition) is 2. The van der Waals surface area contributed by atoms with Crippen molar-refractivity contribution in [1.29, 1.82) is 0 Å². The van der Waals surface area contributed by atoms with Crippen LogP contribution in [0.3, 0.4) is 0 Å². The van der Waals surface area contributed by atoms with E-state index in [-0.39, 0.29) is 20.1 Å². The molecule has 0 spiro atoms. The first-order chi connectivity index (χ1) is 19.9. The van der Waals surface area contributed by atoms with Crippen molar-refractivity contribution in [2.45, 2.75) is 76.0 Å². The van der Waals surface area contributed by atoms with Crippen LogP contribution in [0.4, 0.5) is 0 Å². The molecule has 2 fully saturated rings. The minimum absolute atomic E-state index is 0. The Balaban J connectivity index is 0.00000276. The Labute approximate surface area is 255 Å². The zero-order valence-electron chi connectivity index (χ0n) is 23.4. The molecule has 0 amide bonds. The second-order valence-electron chi connectivity index (χ2n) is 11.9. The van der Waals surface area contributed by atoms with Crippen LogP contribution in [0.15, 0.2) is 83.3 Å². The van der Waals surface area contributed by atoms with Crippen LogP contribution < -0.4 is 0 Å². The van der Waals surface area contributed by atoms with Crippen molar-refractivity contribution in [2.24, 2.45) is 0 Å². The van der Waals surface area contributed by atoms with Gasteiger partial charge in [-0.3, -0.25) is 4.98 Å². The van der Waals surface area contributed by atoms with Gasteiger partial charge in [-0.05, 0) is 66.8 Å². The molecule has 4 heteroatoms. The third-order valence-corrected chi connectivity index (χ3v) is 9.51. The molecule has 8 rings (SSSR count). The predicted octanol–water partition coefficient (Wildman–Crippen LogP) is 10.5. The molecular formula is C37H35IrN2O-. The van der Waals surface area contributed by atoms with E-state index in [1.54, 1.807) is 0 Å². The fraction of sp³-hybridized carbons (Fsp3) is 0.324. The van der Waals surface area contributed by atoms with Crippen molar-refractivity contribution < 1.29 is 24.5 Å². The van der Waals surface area contributed by atoms with Crippen molar-refractivity contribution >= 4 is 33.0 Å². The number of benzene rings is 4. The number of rotatable bonds is 4. The second kappa shape index (κ2) is 11.2. The largest absolute Gasteiger partial charge is 0.454 e. The van der Waals surface area contributed by atoms with Crippen LogP contribution in [-0.2, 0) is 20.1 Å². The van der Waals surface area contributed by atoms with E-state index in [2.05, 4.69) is 77.4 Å². The molecule has 2 aliphatic carbocycles. The van der Waals surface area contributed by atoms with Gasteiger partial charge >= 0.3 is 0 Å². The number of fused-ring (bicyclic) bond motifs is 4. The monoisotopic (exact) mass is 716 g/mol. The standard InChI is InChI=1S/C37H35N2O.Ir/c1-4-14-25(15-5-1)29-24-30(26-16-6-2-7-17-26)35(36-34(29)28-20-10-13-23-33(28)40-36)39-32-22-12-11-21-31(32)38-37(39)27-18-8-3-9-19-27;/h3,8-13,18,20-26H,1-2,4-7,14-17H2;/q-1;. The molecular weight excluding hydrogens is 681 g/mol. The number of aromatic nitrogens is 2. The van der Waals surface area contributed by atoms with E-state index in [1.807, 2.05) is 12.1 Å². The fourth-order valence-electron chi connectivity index (χ4n) is 7.59. The van der Waals surface area contributed by atoms with E-state index in [9.17, 15) is 0 Å². The summed E-state index contributed by atoms with van der Waals surface area (Å²) >= 11 is 0. The van der Waals surface area contributed by atoms with Crippen LogP contribution in [-0.4, -0.2) is 9.55 Å². The van der Waals surface area contributed by atoms with Gasteiger partial charge in [0.1, 0.15) is 5.58 Å². The molecule has 0 unspecified atom stereocenters. The Morgan fingerprint density at radius 1 is 0.732 bits per heavy atom. The van der Waals surface area contributed by atoms with Crippen molar-refractivity contribution in [1.82, 2.24) is 9.55 Å². The molecule has 1 radical (unpaired) electrons. The van der Waals surface area contributed by atoms with Gasteiger partial charge in [-0.15, -0.1) is 35.9 Å². The van der Waals surface area contributed by atoms with Crippen molar-refractivity contribution in [2.75, 3.05) is 0 Å². The summed E-state index contributed by atoms with van der Waals surface area (Å²) in [5.41, 5.74) is 9.31. The van der Waals surface area contributed by atoms with Gasteiger partial charge in [0.2, 0.25) is 0 Å². The summed E-state index contributed by atoms with van der Waals surface area (Å²) in [7, 11) is 0. The smallest absolute Gasteiger partial charge is 0.159 e. The van der Waals surface area contributed by atoms with Crippen LogP contribution in [0.5, 0.6) is 0 Å². The Kier molecular flexibility index (Phi) is 7.31. The van der Waals surface area contributed by atoms with E-state index in [0.717, 1.165) is 33.6 Å². The second-order valence-corrected chi connectivity index (χ2v) is 11.9. The number of para-hydroxylation sites is 3. The Hall–Kier alpha value is -3.20. The summed E-state index contributed by atoms with van der Waals surface area (Å²) in [5.74, 6) is 2.05. The van der Waals surface area contributed by atoms with Crippen molar-refractivity contribution in [3.8, 4) is 17.1 Å². The summed E-state index contributed by atoms with van der Waals surface area (Å²) in [5, 5.41) is 2.56. The average molecular weight is 716 g/mol. The third-order valence-electron chi connectivity index (χ3n) is 9.51. The van der Waals surface area contributed by atoms with Gasteiger partial charge in [0.05, 0.1) is 22.5 Å². The van der Waals surface area contributed by atoms with Crippen molar-refractivity contribution in [3.63, 3.8) is 0 Å². The maximum Gasteiger partial charge on any atom is 0.159 e. The first-order valence-corrected chi connectivity index (χ1v) is 15.3. The molecule has 2 aliphatic rings. The molecule has 6 aromatic rings. The molecule has 0 aliphatic heterocycles. The average Bonchev–Trinajstić information content (AvgIpc) is 3.61. The Morgan fingerprint density at radius 3 is 2.17 bits per heavy atom. The molecule has 0 saturated heterocycles. The topological polar surface area (TPSA) is 31.0 Å². The summed E-state index contributed by atoms with van der Waals surface area (Å²) in [6.45, 7) is 0. The normalized spacial score (nSPS) is 16.9. The number of furan rings is 1. The van der Waals surface area contributed by atoms with Gasteiger partial charge in [0.15, 0.2) is 5.58 Å². The third kappa shape index (κ3) is 4.57. The van der Waals surface area contributed by atoms with Crippen LogP contribution in [0, 0.1) is 6.07 Å². The Morgan fingerprint density at radius 2 is 1.41 bits per heavy atom. The van der Waals surface area contributed by atoms with Crippen LogP contribution in [0.2, 0.25) is 0 Å². The SMILES string of the molecule is [Ir].[c-]1ccccc1-c1nc2ccccc2n1-c1c(C2CCCCC2)cc(C2CCCCC2)c2c1oc1ccccc12. The first-order valence-electron chi connectivity index (χ1n) is 15.3. The minimum Gasteiger partial charge on any atom is -0.454 e. The molecule has 41 heavy (non-hydrogen) atoms. The molecule has 2 saturated carbocycles. The summed E-state index contributed by atoms with van der Waals surface area (Å²) in [4.78, 5) is 5.21. The number of imidazole rings is 1. The molecule has 0 bridgehead atoms. The molecule has 209 valence electrons. The van der Waals surface area contributed by atoms with Gasteiger partial charge in [-0.25, -0.2) is 0 Å². The summed E-state index contributed by atoms with van der Waals surface area (Å²) < 4.78 is 9.35. The Bertz CT molecular complexity index is 1820. The van der Waals surface area contributed by atoms with Crippen LogP contribution >= 0.6 is 0 Å². The molecule has 4 aromatic carbocycles. The van der Waals surface area contributed by atoms with Crippen molar-refractivity contribution in [3.05, 3.63) is 96.1 Å². The van der Waals surface area contributed by atoms with E-state index in [4.69, 9.17) is 9.40 Å². The van der Waals surface area contributed by atoms with E-state index in [1.165, 1.54) is 91.8 Å². The quantitative estimate of drug-likeness (QED) is 0.170. The van der Waals surface area contributed by atoms with Gasteiger partial charge in [0, 0.05) is 30.9 Å². The molecule has 3 nitrogen and oxygen atoms in total. The minimum atomic E-state index is 0. The van der Waals surface area contributed by atoms with E-state index < -0.39 is 0 Å². The predicted molar refractivity (Wildman–Crippen MR) is 164 cm³/mol. The first kappa shape index (κ1) is 26.7. The number of nitrogens with zero attached hydrogens (tertiary/aromatic N) is 2. The zero-order valence-corrected chi connectivity index (χ0v) is 25.8. The summed E-state index contributed by atoms with van der Waals surface area (Å²) in [6.07, 6.45) is 13.0. The van der Waals surface area contributed by atoms with Crippen LogP contribution in [0.25, 0.3) is 50.0 Å². The van der Waals surface area contributed by atoms with Crippen LogP contribution in [0.1, 0.15) is 87.2 Å². The number of hydrogen-bond donors (Lipinski definition) is 0. The summed E-state index contributed by atoms with van der Waals surface area (Å²) in [6, 6.07) is 31.6. The zero-order chi connectivity index (χ0) is 26.5. The fourth-order valence-corrected chi connectivity index (χ4v) is 7.59. The molecule has 2 heterocycles. The van der Waals surface area contributed by atoms with E-state index in [0.29, 0.717) is 11.8 Å². The van der Waals surface area contributed by atoms with Gasteiger partial charge in [0.25, 0.3) is 0 Å². The molecule has 0 atom stereocenters.